The van der Waals surface area contributed by atoms with Gasteiger partial charge in [-0.25, -0.2) is 0 Å². The van der Waals surface area contributed by atoms with Crippen molar-refractivity contribution in [1.29, 1.82) is 0 Å². The van der Waals surface area contributed by atoms with Gasteiger partial charge in [-0.2, -0.15) is 5.10 Å². The summed E-state index contributed by atoms with van der Waals surface area (Å²) in [4.78, 5) is 0. The Balaban J connectivity index is 2.58. The summed E-state index contributed by atoms with van der Waals surface area (Å²) in [6.45, 7) is 6.28. The van der Waals surface area contributed by atoms with Gasteiger partial charge in [-0.3, -0.25) is 4.68 Å². The van der Waals surface area contributed by atoms with Crippen LogP contribution < -0.4 is 5.73 Å². The van der Waals surface area contributed by atoms with Gasteiger partial charge < -0.3 is 10.5 Å². The molecule has 1 rings (SSSR count). The molecule has 0 aliphatic rings. The minimum absolute atomic E-state index is 0.0657. The van der Waals surface area contributed by atoms with Gasteiger partial charge in [0.25, 0.3) is 0 Å². The van der Waals surface area contributed by atoms with E-state index in [4.69, 9.17) is 10.5 Å². The van der Waals surface area contributed by atoms with Crippen molar-refractivity contribution in [3.05, 3.63) is 18.0 Å². The summed E-state index contributed by atoms with van der Waals surface area (Å²) in [6.07, 6.45) is 2.85. The first-order valence-electron chi connectivity index (χ1n) is 5.14. The van der Waals surface area contributed by atoms with Crippen molar-refractivity contribution in [3.8, 4) is 0 Å². The Labute approximate surface area is 85.0 Å². The average molecular weight is 197 g/mol. The molecule has 0 fully saturated rings. The highest BCUT2D eigenvalue weighted by Crippen LogP contribution is 2.10. The molecule has 0 saturated carbocycles. The molecule has 0 bridgehead atoms. The van der Waals surface area contributed by atoms with Crippen LogP contribution in [0.2, 0.25) is 0 Å². The Bertz CT molecular complexity index is 260. The second kappa shape index (κ2) is 5.78. The summed E-state index contributed by atoms with van der Waals surface area (Å²) in [6, 6.07) is 1.89. The fraction of sp³-hybridized carbons (Fsp3) is 0.700. The fourth-order valence-corrected chi connectivity index (χ4v) is 1.39. The van der Waals surface area contributed by atoms with Crippen molar-refractivity contribution in [3.63, 3.8) is 0 Å². The molecule has 0 saturated heterocycles. The summed E-state index contributed by atoms with van der Waals surface area (Å²) in [5.41, 5.74) is 7.03. The quantitative estimate of drug-likeness (QED) is 0.748. The molecule has 80 valence electrons. The normalized spacial score (nSPS) is 13.1. The second-order valence-electron chi connectivity index (χ2n) is 3.25. The maximum atomic E-state index is 5.97. The van der Waals surface area contributed by atoms with E-state index in [1.807, 2.05) is 17.7 Å². The zero-order valence-electron chi connectivity index (χ0n) is 8.94. The van der Waals surface area contributed by atoms with Gasteiger partial charge >= 0.3 is 0 Å². The molecule has 14 heavy (non-hydrogen) atoms. The third kappa shape index (κ3) is 2.82. The van der Waals surface area contributed by atoms with Gasteiger partial charge in [-0.15, -0.1) is 0 Å². The zero-order chi connectivity index (χ0) is 10.4. The lowest BCUT2D eigenvalue weighted by molar-refractivity contribution is 0.131. The van der Waals surface area contributed by atoms with Crippen molar-refractivity contribution in [2.24, 2.45) is 5.73 Å². The van der Waals surface area contributed by atoms with Gasteiger partial charge in [-0.05, 0) is 19.4 Å². The molecule has 1 atom stereocenters. The van der Waals surface area contributed by atoms with Crippen LogP contribution in [0, 0.1) is 0 Å². The molecule has 1 unspecified atom stereocenters. The lowest BCUT2D eigenvalue weighted by atomic mass is 10.2. The Morgan fingerprint density at radius 2 is 2.36 bits per heavy atom. The molecule has 1 heterocycles. The van der Waals surface area contributed by atoms with E-state index in [0.717, 1.165) is 18.7 Å². The molecule has 4 nitrogen and oxygen atoms in total. The van der Waals surface area contributed by atoms with E-state index in [2.05, 4.69) is 12.0 Å². The minimum atomic E-state index is -0.0657. The molecule has 1 aromatic rings. The van der Waals surface area contributed by atoms with Gasteiger partial charge in [0.2, 0.25) is 0 Å². The molecule has 1 aromatic heterocycles. The van der Waals surface area contributed by atoms with E-state index in [0.29, 0.717) is 13.2 Å². The van der Waals surface area contributed by atoms with Crippen molar-refractivity contribution < 1.29 is 4.74 Å². The first kappa shape index (κ1) is 11.2. The van der Waals surface area contributed by atoms with Crippen LogP contribution in [0.1, 0.15) is 32.0 Å². The van der Waals surface area contributed by atoms with Crippen LogP contribution in [0.15, 0.2) is 12.3 Å². The molecule has 2 N–H and O–H groups in total. The Hall–Kier alpha value is -0.870. The van der Waals surface area contributed by atoms with Crippen molar-refractivity contribution in [1.82, 2.24) is 9.78 Å². The number of aromatic nitrogens is 2. The summed E-state index contributed by atoms with van der Waals surface area (Å²) in [5, 5.41) is 4.22. The molecule has 0 radical (unpaired) electrons. The van der Waals surface area contributed by atoms with E-state index >= 15 is 0 Å². The highest BCUT2D eigenvalue weighted by molar-refractivity contribution is 5.06. The zero-order valence-corrected chi connectivity index (χ0v) is 8.94. The monoisotopic (exact) mass is 197 g/mol. The number of nitrogens with two attached hydrogens (primary N) is 1. The third-order valence-corrected chi connectivity index (χ3v) is 2.07. The Morgan fingerprint density at radius 3 is 3.00 bits per heavy atom. The average Bonchev–Trinajstić information content (AvgIpc) is 2.63. The highest BCUT2D eigenvalue weighted by Gasteiger charge is 2.10. The van der Waals surface area contributed by atoms with E-state index in [1.54, 1.807) is 6.20 Å². The van der Waals surface area contributed by atoms with Gasteiger partial charge in [0.15, 0.2) is 0 Å². The molecule has 0 aliphatic carbocycles. The summed E-state index contributed by atoms with van der Waals surface area (Å²) in [5.74, 6) is 0. The summed E-state index contributed by atoms with van der Waals surface area (Å²) in [7, 11) is 0. The van der Waals surface area contributed by atoms with E-state index in [1.165, 1.54) is 0 Å². The van der Waals surface area contributed by atoms with Gasteiger partial charge in [0.1, 0.15) is 0 Å². The molecule has 0 aromatic carbocycles. The summed E-state index contributed by atoms with van der Waals surface area (Å²) < 4.78 is 7.23. The SMILES string of the molecule is CCCn1nccc1C(N)COCC. The maximum absolute atomic E-state index is 5.97. The molecule has 0 aliphatic heterocycles. The number of ether oxygens (including phenoxy) is 1. The Kier molecular flexibility index (Phi) is 4.62. The van der Waals surface area contributed by atoms with Crippen LogP contribution in [0.4, 0.5) is 0 Å². The van der Waals surface area contributed by atoms with Crippen molar-refractivity contribution >= 4 is 0 Å². The highest BCUT2D eigenvalue weighted by atomic mass is 16.5. The lowest BCUT2D eigenvalue weighted by Gasteiger charge is -2.13. The number of nitrogens with zero attached hydrogens (tertiary/aromatic N) is 2. The van der Waals surface area contributed by atoms with Crippen LogP contribution in [0.5, 0.6) is 0 Å². The van der Waals surface area contributed by atoms with E-state index < -0.39 is 0 Å². The van der Waals surface area contributed by atoms with Crippen molar-refractivity contribution in [2.75, 3.05) is 13.2 Å². The minimum Gasteiger partial charge on any atom is -0.380 e. The van der Waals surface area contributed by atoms with Crippen LogP contribution in [0.25, 0.3) is 0 Å². The first-order valence-corrected chi connectivity index (χ1v) is 5.14. The standard InChI is InChI=1S/C10H19N3O/c1-3-7-13-10(5-6-12-13)9(11)8-14-4-2/h5-6,9H,3-4,7-8,11H2,1-2H3. The first-order chi connectivity index (χ1) is 6.79. The smallest absolute Gasteiger partial charge is 0.0704 e. The van der Waals surface area contributed by atoms with Gasteiger partial charge in [-0.1, -0.05) is 6.92 Å². The molecule has 0 spiro atoms. The predicted octanol–water partition coefficient (Wildman–Crippen LogP) is 1.33. The Morgan fingerprint density at radius 1 is 1.57 bits per heavy atom. The molecular formula is C10H19N3O. The number of aryl methyl sites for hydroxylation is 1. The number of hydrogen-bond donors (Lipinski definition) is 1. The maximum Gasteiger partial charge on any atom is 0.0704 e. The lowest BCUT2D eigenvalue weighted by Crippen LogP contribution is -2.21. The second-order valence-corrected chi connectivity index (χ2v) is 3.25. The van der Waals surface area contributed by atoms with Crippen LogP contribution in [-0.2, 0) is 11.3 Å². The van der Waals surface area contributed by atoms with Crippen LogP contribution in [0.3, 0.4) is 0 Å². The number of hydrogen-bond acceptors (Lipinski definition) is 3. The van der Waals surface area contributed by atoms with E-state index in [9.17, 15) is 0 Å². The van der Waals surface area contributed by atoms with Gasteiger partial charge in [0.05, 0.1) is 18.3 Å². The van der Waals surface area contributed by atoms with Crippen LogP contribution >= 0.6 is 0 Å². The topological polar surface area (TPSA) is 53.1 Å². The largest absolute Gasteiger partial charge is 0.380 e. The molecule has 0 amide bonds. The molecular weight excluding hydrogens is 178 g/mol. The van der Waals surface area contributed by atoms with Gasteiger partial charge in [0, 0.05) is 19.3 Å². The fourth-order valence-electron chi connectivity index (χ4n) is 1.39. The van der Waals surface area contributed by atoms with Crippen LogP contribution in [-0.4, -0.2) is 23.0 Å². The van der Waals surface area contributed by atoms with Crippen molar-refractivity contribution in [2.45, 2.75) is 32.9 Å². The van der Waals surface area contributed by atoms with E-state index in [-0.39, 0.29) is 6.04 Å². The third-order valence-electron chi connectivity index (χ3n) is 2.07. The summed E-state index contributed by atoms with van der Waals surface area (Å²) >= 11 is 0. The number of rotatable bonds is 6. The predicted molar refractivity (Wildman–Crippen MR) is 55.9 cm³/mol. The molecule has 4 heteroatoms.